The number of anilines is 1. The summed E-state index contributed by atoms with van der Waals surface area (Å²) in [4.78, 5) is 36.4. The molecule has 6 nitrogen and oxygen atoms in total. The number of carbonyl (C=O) groups excluding carboxylic acids is 3. The van der Waals surface area contributed by atoms with Crippen molar-refractivity contribution in [1.82, 2.24) is 0 Å². The number of aryl methyl sites for hydroxylation is 1. The van der Waals surface area contributed by atoms with Crippen LogP contribution in [0.2, 0.25) is 0 Å². The largest absolute Gasteiger partial charge is 0.462 e. The van der Waals surface area contributed by atoms with Gasteiger partial charge >= 0.3 is 5.97 Å². The number of ketones is 1. The molecule has 0 spiro atoms. The fraction of sp³-hybridized carbons (Fsp3) is 0.588. The zero-order valence-corrected chi connectivity index (χ0v) is 13.9. The van der Waals surface area contributed by atoms with E-state index >= 15 is 0 Å². The van der Waals surface area contributed by atoms with Gasteiger partial charge in [-0.1, -0.05) is 19.3 Å². The van der Waals surface area contributed by atoms with Crippen LogP contribution in [0.15, 0.2) is 4.42 Å². The molecule has 1 aliphatic carbocycles. The third kappa shape index (κ3) is 3.81. The van der Waals surface area contributed by atoms with Crippen LogP contribution in [-0.4, -0.2) is 24.3 Å². The first-order valence-electron chi connectivity index (χ1n) is 8.08. The predicted molar refractivity (Wildman–Crippen MR) is 84.6 cm³/mol. The van der Waals surface area contributed by atoms with Gasteiger partial charge in [0.1, 0.15) is 11.3 Å². The highest BCUT2D eigenvalue weighted by molar-refractivity contribution is 6.10. The number of carbonyl (C=O) groups is 3. The summed E-state index contributed by atoms with van der Waals surface area (Å²) < 4.78 is 10.5. The predicted octanol–water partition coefficient (Wildman–Crippen LogP) is 3.49. The van der Waals surface area contributed by atoms with Gasteiger partial charge in [0.2, 0.25) is 11.8 Å². The quantitative estimate of drug-likeness (QED) is 0.663. The van der Waals surface area contributed by atoms with E-state index in [9.17, 15) is 14.4 Å². The Balaban J connectivity index is 2.30. The number of esters is 1. The minimum atomic E-state index is -0.659. The molecule has 6 heteroatoms. The average Bonchev–Trinajstić information content (AvgIpc) is 2.84. The van der Waals surface area contributed by atoms with Gasteiger partial charge in [0.15, 0.2) is 5.78 Å². The van der Waals surface area contributed by atoms with Crippen LogP contribution >= 0.6 is 0 Å². The van der Waals surface area contributed by atoms with Gasteiger partial charge < -0.3 is 9.15 Å². The van der Waals surface area contributed by atoms with Gasteiger partial charge in [-0.05, 0) is 33.6 Å². The van der Waals surface area contributed by atoms with E-state index < -0.39 is 5.97 Å². The summed E-state index contributed by atoms with van der Waals surface area (Å²) in [6, 6.07) is 0. The lowest BCUT2D eigenvalue weighted by Crippen LogP contribution is -2.25. The topological polar surface area (TPSA) is 85.6 Å². The number of amides is 1. The van der Waals surface area contributed by atoms with E-state index in [1.54, 1.807) is 13.8 Å². The molecule has 0 unspecified atom stereocenters. The van der Waals surface area contributed by atoms with Crippen molar-refractivity contribution >= 4 is 23.5 Å². The highest BCUT2D eigenvalue weighted by Crippen LogP contribution is 2.30. The van der Waals surface area contributed by atoms with E-state index in [1.165, 1.54) is 6.92 Å². The SMILES string of the molecule is CCOC(=O)c1c(NC(=O)C2CCCCC2)oc(C)c1C(C)=O. The zero-order valence-electron chi connectivity index (χ0n) is 13.9. The van der Waals surface area contributed by atoms with E-state index in [0.29, 0.717) is 5.76 Å². The first-order chi connectivity index (χ1) is 11.0. The molecule has 1 amide bonds. The van der Waals surface area contributed by atoms with Crippen molar-refractivity contribution in [2.45, 2.75) is 52.9 Å². The lowest BCUT2D eigenvalue weighted by Gasteiger charge is -2.20. The van der Waals surface area contributed by atoms with Crippen LogP contribution < -0.4 is 5.32 Å². The number of rotatable bonds is 5. The van der Waals surface area contributed by atoms with Crippen molar-refractivity contribution in [1.29, 1.82) is 0 Å². The van der Waals surface area contributed by atoms with Crippen LogP contribution in [0, 0.1) is 12.8 Å². The van der Waals surface area contributed by atoms with Gasteiger partial charge in [-0.2, -0.15) is 0 Å². The number of hydrogen-bond acceptors (Lipinski definition) is 5. The number of Topliss-reactive ketones (excluding diaryl/α,β-unsaturated/α-hetero) is 1. The van der Waals surface area contributed by atoms with Crippen molar-refractivity contribution in [3.05, 3.63) is 16.9 Å². The number of hydrogen-bond donors (Lipinski definition) is 1. The molecule has 1 N–H and O–H groups in total. The van der Waals surface area contributed by atoms with E-state index in [0.717, 1.165) is 32.1 Å². The fourth-order valence-electron chi connectivity index (χ4n) is 3.03. The van der Waals surface area contributed by atoms with Crippen LogP contribution in [0.3, 0.4) is 0 Å². The third-order valence-electron chi connectivity index (χ3n) is 4.13. The van der Waals surface area contributed by atoms with Crippen LogP contribution in [0.5, 0.6) is 0 Å². The Kier molecular flexibility index (Phi) is 5.58. The zero-order chi connectivity index (χ0) is 17.0. The number of furan rings is 1. The van der Waals surface area contributed by atoms with Crippen molar-refractivity contribution < 1.29 is 23.5 Å². The molecule has 0 saturated heterocycles. The second-order valence-corrected chi connectivity index (χ2v) is 5.84. The summed E-state index contributed by atoms with van der Waals surface area (Å²) in [5.74, 6) is -0.883. The first-order valence-corrected chi connectivity index (χ1v) is 8.08. The molecule has 0 bridgehead atoms. The Morgan fingerprint density at radius 3 is 2.39 bits per heavy atom. The van der Waals surface area contributed by atoms with E-state index in [4.69, 9.17) is 9.15 Å². The molecule has 23 heavy (non-hydrogen) atoms. The second-order valence-electron chi connectivity index (χ2n) is 5.84. The van der Waals surface area contributed by atoms with Crippen molar-refractivity contribution in [2.75, 3.05) is 11.9 Å². The lowest BCUT2D eigenvalue weighted by atomic mass is 9.88. The van der Waals surface area contributed by atoms with Gasteiger partial charge in [-0.25, -0.2) is 4.79 Å². The van der Waals surface area contributed by atoms with Gasteiger partial charge in [0, 0.05) is 5.92 Å². The Labute approximate surface area is 135 Å². The van der Waals surface area contributed by atoms with Crippen LogP contribution in [-0.2, 0) is 9.53 Å². The normalized spacial score (nSPS) is 15.3. The Morgan fingerprint density at radius 1 is 1.17 bits per heavy atom. The monoisotopic (exact) mass is 321 g/mol. The lowest BCUT2D eigenvalue weighted by molar-refractivity contribution is -0.120. The molecule has 2 rings (SSSR count). The molecular formula is C17H23NO5. The summed E-state index contributed by atoms with van der Waals surface area (Å²) in [7, 11) is 0. The molecule has 1 aromatic rings. The number of ether oxygens (including phenoxy) is 1. The van der Waals surface area contributed by atoms with Crippen LogP contribution in [0.4, 0.5) is 5.88 Å². The highest BCUT2D eigenvalue weighted by atomic mass is 16.5. The third-order valence-corrected chi connectivity index (χ3v) is 4.13. The Hall–Kier alpha value is -2.11. The molecule has 126 valence electrons. The standard InChI is InChI=1S/C17H23NO5/c1-4-22-17(21)14-13(10(2)19)11(3)23-16(14)18-15(20)12-8-6-5-7-9-12/h12H,4-9H2,1-3H3,(H,18,20). The molecule has 0 aliphatic heterocycles. The maximum Gasteiger partial charge on any atom is 0.344 e. The summed E-state index contributed by atoms with van der Waals surface area (Å²) in [5.41, 5.74) is 0.184. The first kappa shape index (κ1) is 17.2. The minimum absolute atomic E-state index is 0.0148. The average molecular weight is 321 g/mol. The van der Waals surface area contributed by atoms with Crippen molar-refractivity contribution in [3.63, 3.8) is 0 Å². The van der Waals surface area contributed by atoms with Gasteiger partial charge in [-0.15, -0.1) is 0 Å². The fourth-order valence-corrected chi connectivity index (χ4v) is 3.03. The summed E-state index contributed by atoms with van der Waals surface area (Å²) in [5, 5.41) is 2.68. The van der Waals surface area contributed by atoms with Gasteiger partial charge in [0.25, 0.3) is 0 Å². The number of nitrogens with one attached hydrogen (secondary N) is 1. The Morgan fingerprint density at radius 2 is 1.83 bits per heavy atom. The molecule has 0 radical (unpaired) electrons. The van der Waals surface area contributed by atoms with Crippen molar-refractivity contribution in [3.8, 4) is 0 Å². The van der Waals surface area contributed by atoms with Crippen LogP contribution in [0.1, 0.15) is 72.4 Å². The van der Waals surface area contributed by atoms with Crippen LogP contribution in [0.25, 0.3) is 0 Å². The molecule has 1 saturated carbocycles. The van der Waals surface area contributed by atoms with Gasteiger partial charge in [-0.3, -0.25) is 14.9 Å². The molecular weight excluding hydrogens is 298 g/mol. The highest BCUT2D eigenvalue weighted by Gasteiger charge is 2.30. The minimum Gasteiger partial charge on any atom is -0.462 e. The smallest absolute Gasteiger partial charge is 0.344 e. The van der Waals surface area contributed by atoms with E-state index in [-0.39, 0.29) is 41.2 Å². The van der Waals surface area contributed by atoms with Gasteiger partial charge in [0.05, 0.1) is 12.2 Å². The maximum atomic E-state index is 12.4. The van der Waals surface area contributed by atoms with E-state index in [2.05, 4.69) is 5.32 Å². The molecule has 1 heterocycles. The summed E-state index contributed by atoms with van der Waals surface area (Å²) >= 11 is 0. The molecule has 0 atom stereocenters. The second kappa shape index (κ2) is 7.44. The summed E-state index contributed by atoms with van der Waals surface area (Å²) in [6.45, 7) is 4.80. The van der Waals surface area contributed by atoms with Crippen molar-refractivity contribution in [2.24, 2.45) is 5.92 Å². The molecule has 1 aromatic heterocycles. The maximum absolute atomic E-state index is 12.4. The molecule has 1 fully saturated rings. The molecule has 0 aromatic carbocycles. The summed E-state index contributed by atoms with van der Waals surface area (Å²) in [6.07, 6.45) is 4.86. The Bertz CT molecular complexity index is 611. The van der Waals surface area contributed by atoms with E-state index in [1.807, 2.05) is 0 Å². The molecule has 1 aliphatic rings.